The summed E-state index contributed by atoms with van der Waals surface area (Å²) >= 11 is 5.86. The third-order valence-electron chi connectivity index (χ3n) is 4.26. The zero-order chi connectivity index (χ0) is 16.8. The lowest BCUT2D eigenvalue weighted by Gasteiger charge is -2.27. The fraction of sp³-hybridized carbons (Fsp3) is 0.615. The molecule has 23 heavy (non-hydrogen) atoms. The van der Waals surface area contributed by atoms with Crippen molar-refractivity contribution in [2.75, 3.05) is 20.3 Å². The van der Waals surface area contributed by atoms with Crippen LogP contribution >= 0.6 is 11.6 Å². The number of nitrogens with zero attached hydrogens (tertiary/aromatic N) is 4. The Bertz CT molecular complexity index is 729. The summed E-state index contributed by atoms with van der Waals surface area (Å²) in [5.41, 5.74) is -0.684. The molecule has 0 aliphatic carbocycles. The highest BCUT2D eigenvalue weighted by molar-refractivity contribution is 6.28. The molecule has 0 saturated carbocycles. The molecular formula is C13H16ClFN4O4. The highest BCUT2D eigenvalue weighted by atomic mass is 35.5. The lowest BCUT2D eigenvalue weighted by Crippen LogP contribution is -2.40. The Balaban J connectivity index is 2.09. The van der Waals surface area contributed by atoms with Gasteiger partial charge in [0.1, 0.15) is 0 Å². The Morgan fingerprint density at radius 1 is 1.48 bits per heavy atom. The molecule has 2 aromatic heterocycles. The van der Waals surface area contributed by atoms with Crippen LogP contribution < -0.4 is 4.74 Å². The van der Waals surface area contributed by atoms with Gasteiger partial charge in [0.2, 0.25) is 11.2 Å². The zero-order valence-corrected chi connectivity index (χ0v) is 13.2. The van der Waals surface area contributed by atoms with Crippen molar-refractivity contribution >= 4 is 22.8 Å². The topological polar surface area (TPSA) is 103 Å². The Morgan fingerprint density at radius 2 is 2.22 bits per heavy atom. The van der Waals surface area contributed by atoms with E-state index in [1.807, 2.05) is 0 Å². The summed E-state index contributed by atoms with van der Waals surface area (Å²) in [6.45, 7) is 0.626. The van der Waals surface area contributed by atoms with Crippen molar-refractivity contribution in [3.63, 3.8) is 0 Å². The smallest absolute Gasteiger partial charge is 0.246 e. The van der Waals surface area contributed by atoms with Crippen molar-refractivity contribution in [3.8, 4) is 5.88 Å². The first-order valence-electron chi connectivity index (χ1n) is 6.91. The molecule has 4 atom stereocenters. The number of fused-ring (bicyclic) bond motifs is 1. The van der Waals surface area contributed by atoms with Gasteiger partial charge in [0, 0.05) is 0 Å². The van der Waals surface area contributed by atoms with E-state index < -0.39 is 37.1 Å². The second kappa shape index (κ2) is 5.82. The molecule has 8 nitrogen and oxygen atoms in total. The maximum atomic E-state index is 14.9. The van der Waals surface area contributed by atoms with Crippen LogP contribution in [-0.4, -0.2) is 62.3 Å². The number of ether oxygens (including phenoxy) is 2. The molecule has 1 fully saturated rings. The quantitative estimate of drug-likeness (QED) is 0.786. The number of hydrogen-bond donors (Lipinski definition) is 2. The Morgan fingerprint density at radius 3 is 2.78 bits per heavy atom. The van der Waals surface area contributed by atoms with Crippen molar-refractivity contribution in [1.82, 2.24) is 19.5 Å². The Hall–Kier alpha value is -1.55. The van der Waals surface area contributed by atoms with E-state index in [9.17, 15) is 14.6 Å². The van der Waals surface area contributed by atoms with Gasteiger partial charge < -0.3 is 19.7 Å². The molecule has 1 aliphatic heterocycles. The molecule has 3 heterocycles. The summed E-state index contributed by atoms with van der Waals surface area (Å²) < 4.78 is 26.9. The molecule has 2 N–H and O–H groups in total. The van der Waals surface area contributed by atoms with Crippen LogP contribution in [0.15, 0.2) is 6.33 Å². The van der Waals surface area contributed by atoms with Gasteiger partial charge in [-0.15, -0.1) is 0 Å². The molecule has 3 rings (SSSR count). The number of imidazole rings is 1. The summed E-state index contributed by atoms with van der Waals surface area (Å²) in [5, 5.41) is 18.9. The van der Waals surface area contributed by atoms with Crippen molar-refractivity contribution in [3.05, 3.63) is 11.6 Å². The molecule has 10 heteroatoms. The highest BCUT2D eigenvalue weighted by Crippen LogP contribution is 2.46. The van der Waals surface area contributed by atoms with Crippen molar-refractivity contribution in [2.24, 2.45) is 5.41 Å². The van der Waals surface area contributed by atoms with Gasteiger partial charge in [-0.2, -0.15) is 9.97 Å². The summed E-state index contributed by atoms with van der Waals surface area (Å²) in [7, 11) is 1.41. The minimum absolute atomic E-state index is 0.0758. The van der Waals surface area contributed by atoms with Crippen LogP contribution in [0.3, 0.4) is 0 Å². The summed E-state index contributed by atoms with van der Waals surface area (Å²) in [6, 6.07) is 0. The molecule has 1 unspecified atom stereocenters. The normalized spacial score (nSPS) is 31.0. The standard InChI is InChI=1S/C13H16ClFN4O4/c1-13(4-21)6(3-20)23-11(8(13)15)19-5-16-7-9(19)17-12(14)18-10(7)22-2/h5-6,8,11,20-21H,3-4H2,1-2H3/t6-,8+,11-,13?/m1/s1. The van der Waals surface area contributed by atoms with Gasteiger partial charge in [-0.25, -0.2) is 9.37 Å². The lowest BCUT2D eigenvalue weighted by molar-refractivity contribution is -0.0524. The van der Waals surface area contributed by atoms with Crippen LogP contribution in [-0.2, 0) is 4.74 Å². The largest absolute Gasteiger partial charge is 0.479 e. The Kier molecular flexibility index (Phi) is 4.13. The molecule has 0 spiro atoms. The number of aromatic nitrogens is 4. The fourth-order valence-electron chi connectivity index (χ4n) is 2.74. The van der Waals surface area contributed by atoms with E-state index in [0.29, 0.717) is 5.52 Å². The van der Waals surface area contributed by atoms with Crippen molar-refractivity contribution in [2.45, 2.75) is 25.4 Å². The van der Waals surface area contributed by atoms with E-state index in [1.165, 1.54) is 24.9 Å². The molecule has 2 aromatic rings. The second-order valence-corrected chi connectivity index (χ2v) is 5.93. The van der Waals surface area contributed by atoms with Crippen molar-refractivity contribution < 1.29 is 24.1 Å². The van der Waals surface area contributed by atoms with Gasteiger partial charge in [0.15, 0.2) is 23.6 Å². The van der Waals surface area contributed by atoms with E-state index in [0.717, 1.165) is 0 Å². The maximum absolute atomic E-state index is 14.9. The molecule has 1 saturated heterocycles. The van der Waals surface area contributed by atoms with E-state index in [-0.39, 0.29) is 16.8 Å². The SMILES string of the molecule is COc1nc(Cl)nc2c1ncn2[C@@H]1O[C@H](CO)C(C)(CO)[C@H]1F. The van der Waals surface area contributed by atoms with Crippen LogP contribution in [0.2, 0.25) is 5.28 Å². The zero-order valence-electron chi connectivity index (χ0n) is 12.5. The predicted octanol–water partition coefficient (Wildman–Crippen LogP) is 0.715. The molecule has 1 aliphatic rings. The first-order valence-corrected chi connectivity index (χ1v) is 7.29. The van der Waals surface area contributed by atoms with Gasteiger partial charge in [-0.05, 0) is 11.6 Å². The lowest BCUT2D eigenvalue weighted by atomic mass is 9.82. The van der Waals surface area contributed by atoms with E-state index in [4.69, 9.17) is 21.1 Å². The van der Waals surface area contributed by atoms with Crippen LogP contribution in [0.4, 0.5) is 4.39 Å². The number of alkyl halides is 1. The summed E-state index contributed by atoms with van der Waals surface area (Å²) in [6.07, 6.45) is -2.21. The first-order chi connectivity index (χ1) is 11.0. The van der Waals surface area contributed by atoms with Crippen LogP contribution in [0.5, 0.6) is 5.88 Å². The number of rotatable bonds is 4. The first kappa shape index (κ1) is 16.3. The van der Waals surface area contributed by atoms with Crippen LogP contribution in [0.25, 0.3) is 11.2 Å². The molecule has 0 aromatic carbocycles. The Labute approximate surface area is 135 Å². The predicted molar refractivity (Wildman–Crippen MR) is 78.0 cm³/mol. The van der Waals surface area contributed by atoms with Gasteiger partial charge in [-0.1, -0.05) is 6.92 Å². The highest BCUT2D eigenvalue weighted by Gasteiger charge is 2.54. The van der Waals surface area contributed by atoms with Crippen LogP contribution in [0, 0.1) is 5.41 Å². The van der Waals surface area contributed by atoms with E-state index in [2.05, 4.69) is 15.0 Å². The monoisotopic (exact) mass is 346 g/mol. The summed E-state index contributed by atoms with van der Waals surface area (Å²) in [5.74, 6) is 0.163. The van der Waals surface area contributed by atoms with Gasteiger partial charge >= 0.3 is 0 Å². The molecule has 0 amide bonds. The molecule has 0 bridgehead atoms. The van der Waals surface area contributed by atoms with Gasteiger partial charge in [0.25, 0.3) is 0 Å². The van der Waals surface area contributed by atoms with Crippen molar-refractivity contribution in [1.29, 1.82) is 0 Å². The average molecular weight is 347 g/mol. The van der Waals surface area contributed by atoms with Gasteiger partial charge in [0.05, 0.1) is 38.2 Å². The van der Waals surface area contributed by atoms with E-state index in [1.54, 1.807) is 0 Å². The minimum Gasteiger partial charge on any atom is -0.479 e. The number of aliphatic hydroxyl groups excluding tert-OH is 2. The average Bonchev–Trinajstić information content (AvgIpc) is 3.07. The van der Waals surface area contributed by atoms with E-state index >= 15 is 0 Å². The summed E-state index contributed by atoms with van der Waals surface area (Å²) in [4.78, 5) is 12.1. The molecule has 126 valence electrons. The number of halogens is 2. The molecular weight excluding hydrogens is 331 g/mol. The third-order valence-corrected chi connectivity index (χ3v) is 4.42. The van der Waals surface area contributed by atoms with Gasteiger partial charge in [-0.3, -0.25) is 4.57 Å². The minimum atomic E-state index is -1.58. The second-order valence-electron chi connectivity index (χ2n) is 5.59. The third kappa shape index (κ3) is 2.35. The number of hydrogen-bond acceptors (Lipinski definition) is 7. The maximum Gasteiger partial charge on any atom is 0.246 e. The van der Waals surface area contributed by atoms with Crippen LogP contribution in [0.1, 0.15) is 13.2 Å². The fourth-order valence-corrected chi connectivity index (χ4v) is 2.89. The molecule has 0 radical (unpaired) electrons. The number of methoxy groups -OCH3 is 1. The number of aliphatic hydroxyl groups is 2.